The third-order valence-electron chi connectivity index (χ3n) is 1.79. The molecule has 0 saturated carbocycles. The first kappa shape index (κ1) is 9.07. The van der Waals surface area contributed by atoms with Crippen LogP contribution in [-0.4, -0.2) is 5.26 Å². The standard InChI is InChI=1S/C10H14O2/c1-10(2,3)8-6-4-5-7-9(8)12-11/h4-7,11H,1-3H3. The predicted octanol–water partition coefficient (Wildman–Crippen LogP) is 2.84. The van der Waals surface area contributed by atoms with E-state index >= 15 is 0 Å². The fourth-order valence-corrected chi connectivity index (χ4v) is 1.17. The summed E-state index contributed by atoms with van der Waals surface area (Å²) in [5, 5.41) is 8.58. The van der Waals surface area contributed by atoms with E-state index in [1.54, 1.807) is 6.07 Å². The molecule has 0 saturated heterocycles. The van der Waals surface area contributed by atoms with Crippen LogP contribution in [0.1, 0.15) is 26.3 Å². The van der Waals surface area contributed by atoms with Crippen molar-refractivity contribution in [2.45, 2.75) is 26.2 Å². The molecule has 0 aromatic heterocycles. The summed E-state index contributed by atoms with van der Waals surface area (Å²) in [5.41, 5.74) is 1.01. The zero-order valence-corrected chi connectivity index (χ0v) is 7.66. The third kappa shape index (κ3) is 1.77. The fraction of sp³-hybridized carbons (Fsp3) is 0.400. The molecule has 0 aliphatic carbocycles. The van der Waals surface area contributed by atoms with Crippen LogP contribution in [-0.2, 0) is 5.41 Å². The summed E-state index contributed by atoms with van der Waals surface area (Å²) in [4.78, 5) is 4.27. The van der Waals surface area contributed by atoms with Crippen molar-refractivity contribution in [3.63, 3.8) is 0 Å². The molecular formula is C10H14O2. The Morgan fingerprint density at radius 3 is 2.17 bits per heavy atom. The highest BCUT2D eigenvalue weighted by Crippen LogP contribution is 2.30. The van der Waals surface area contributed by atoms with Crippen LogP contribution in [0.2, 0.25) is 0 Å². The van der Waals surface area contributed by atoms with Crippen molar-refractivity contribution in [2.24, 2.45) is 0 Å². The number of hydrogen-bond acceptors (Lipinski definition) is 2. The van der Waals surface area contributed by atoms with E-state index in [0.29, 0.717) is 5.75 Å². The van der Waals surface area contributed by atoms with Gasteiger partial charge in [-0.3, -0.25) is 0 Å². The van der Waals surface area contributed by atoms with Crippen LogP contribution >= 0.6 is 0 Å². The molecule has 66 valence electrons. The maximum atomic E-state index is 8.58. The minimum Gasteiger partial charge on any atom is -0.340 e. The molecule has 1 rings (SSSR count). The van der Waals surface area contributed by atoms with Crippen molar-refractivity contribution < 1.29 is 10.1 Å². The largest absolute Gasteiger partial charge is 0.340 e. The van der Waals surface area contributed by atoms with Crippen LogP contribution in [0.5, 0.6) is 5.75 Å². The number of benzene rings is 1. The Kier molecular flexibility index (Phi) is 2.38. The highest BCUT2D eigenvalue weighted by atomic mass is 17.1. The third-order valence-corrected chi connectivity index (χ3v) is 1.79. The monoisotopic (exact) mass is 166 g/mol. The molecule has 2 nitrogen and oxygen atoms in total. The minimum absolute atomic E-state index is 0.000671. The molecule has 2 heteroatoms. The molecule has 0 spiro atoms. The lowest BCUT2D eigenvalue weighted by Gasteiger charge is -2.20. The molecule has 0 amide bonds. The summed E-state index contributed by atoms with van der Waals surface area (Å²) in [6, 6.07) is 7.47. The van der Waals surface area contributed by atoms with Gasteiger partial charge in [-0.2, -0.15) is 0 Å². The van der Waals surface area contributed by atoms with Crippen LogP contribution in [0.15, 0.2) is 24.3 Å². The van der Waals surface area contributed by atoms with Crippen molar-refractivity contribution in [2.75, 3.05) is 0 Å². The van der Waals surface area contributed by atoms with E-state index in [4.69, 9.17) is 5.26 Å². The van der Waals surface area contributed by atoms with Crippen LogP contribution in [0.25, 0.3) is 0 Å². The van der Waals surface area contributed by atoms with Crippen LogP contribution in [0.4, 0.5) is 0 Å². The molecule has 0 atom stereocenters. The fourth-order valence-electron chi connectivity index (χ4n) is 1.17. The molecule has 1 aromatic rings. The van der Waals surface area contributed by atoms with E-state index in [1.165, 1.54) is 0 Å². The van der Waals surface area contributed by atoms with Gasteiger partial charge in [-0.05, 0) is 11.5 Å². The van der Waals surface area contributed by atoms with Gasteiger partial charge in [-0.25, -0.2) is 5.26 Å². The van der Waals surface area contributed by atoms with E-state index in [9.17, 15) is 0 Å². The lowest BCUT2D eigenvalue weighted by atomic mass is 9.86. The van der Waals surface area contributed by atoms with Gasteiger partial charge in [0.25, 0.3) is 0 Å². The predicted molar refractivity (Wildman–Crippen MR) is 48.4 cm³/mol. The van der Waals surface area contributed by atoms with Crippen molar-refractivity contribution in [1.29, 1.82) is 0 Å². The van der Waals surface area contributed by atoms with E-state index in [1.807, 2.05) is 18.2 Å². The van der Waals surface area contributed by atoms with Crippen molar-refractivity contribution in [3.8, 4) is 5.75 Å². The van der Waals surface area contributed by atoms with Gasteiger partial charge in [0.2, 0.25) is 0 Å². The maximum absolute atomic E-state index is 8.58. The smallest absolute Gasteiger partial charge is 0.168 e. The summed E-state index contributed by atoms with van der Waals surface area (Å²) in [6.07, 6.45) is 0. The van der Waals surface area contributed by atoms with Gasteiger partial charge < -0.3 is 4.89 Å². The van der Waals surface area contributed by atoms with Gasteiger partial charge in [-0.15, -0.1) is 0 Å². The number of para-hydroxylation sites is 1. The first-order valence-corrected chi connectivity index (χ1v) is 3.96. The normalized spacial score (nSPS) is 11.3. The summed E-state index contributed by atoms with van der Waals surface area (Å²) >= 11 is 0. The zero-order chi connectivity index (χ0) is 9.19. The lowest BCUT2D eigenvalue weighted by molar-refractivity contribution is -0.138. The van der Waals surface area contributed by atoms with E-state index in [2.05, 4.69) is 25.7 Å². The van der Waals surface area contributed by atoms with Crippen LogP contribution in [0.3, 0.4) is 0 Å². The zero-order valence-electron chi connectivity index (χ0n) is 7.66. The molecule has 1 aromatic carbocycles. The molecule has 0 aliphatic heterocycles. The highest BCUT2D eigenvalue weighted by molar-refractivity contribution is 5.37. The van der Waals surface area contributed by atoms with Gasteiger partial charge in [0.05, 0.1) is 0 Å². The molecule has 12 heavy (non-hydrogen) atoms. The Morgan fingerprint density at radius 1 is 1.17 bits per heavy atom. The molecule has 0 aliphatic rings. The highest BCUT2D eigenvalue weighted by Gasteiger charge is 2.18. The molecular weight excluding hydrogens is 152 g/mol. The summed E-state index contributed by atoms with van der Waals surface area (Å²) in [5.74, 6) is 0.532. The van der Waals surface area contributed by atoms with Gasteiger partial charge in [0.15, 0.2) is 5.75 Å². The van der Waals surface area contributed by atoms with E-state index < -0.39 is 0 Å². The quantitative estimate of drug-likeness (QED) is 0.513. The Morgan fingerprint density at radius 2 is 1.75 bits per heavy atom. The Bertz CT molecular complexity index is 261. The Balaban J connectivity index is 3.14. The Hall–Kier alpha value is -1.02. The summed E-state index contributed by atoms with van der Waals surface area (Å²) in [6.45, 7) is 6.22. The van der Waals surface area contributed by atoms with Gasteiger partial charge in [0.1, 0.15) is 0 Å². The molecule has 0 bridgehead atoms. The van der Waals surface area contributed by atoms with Crippen molar-refractivity contribution in [1.82, 2.24) is 0 Å². The first-order valence-electron chi connectivity index (χ1n) is 3.96. The lowest BCUT2D eigenvalue weighted by Crippen LogP contribution is -2.12. The average molecular weight is 166 g/mol. The second-order valence-corrected chi connectivity index (χ2v) is 3.84. The topological polar surface area (TPSA) is 29.5 Å². The molecule has 0 radical (unpaired) electrons. The van der Waals surface area contributed by atoms with Gasteiger partial charge in [-0.1, -0.05) is 39.0 Å². The van der Waals surface area contributed by atoms with Crippen LogP contribution < -0.4 is 4.89 Å². The maximum Gasteiger partial charge on any atom is 0.168 e. The Labute approximate surface area is 72.7 Å². The van der Waals surface area contributed by atoms with Crippen LogP contribution in [0, 0.1) is 0 Å². The van der Waals surface area contributed by atoms with Gasteiger partial charge >= 0.3 is 0 Å². The second kappa shape index (κ2) is 3.15. The number of rotatable bonds is 1. The second-order valence-electron chi connectivity index (χ2n) is 3.84. The minimum atomic E-state index is -0.000671. The van der Waals surface area contributed by atoms with E-state index in [-0.39, 0.29) is 5.41 Å². The first-order chi connectivity index (χ1) is 5.55. The molecule has 0 unspecified atom stereocenters. The summed E-state index contributed by atoms with van der Waals surface area (Å²) in [7, 11) is 0. The van der Waals surface area contributed by atoms with Gasteiger partial charge in [0, 0.05) is 5.56 Å². The van der Waals surface area contributed by atoms with E-state index in [0.717, 1.165) is 5.56 Å². The summed E-state index contributed by atoms with van der Waals surface area (Å²) < 4.78 is 0. The van der Waals surface area contributed by atoms with Crippen molar-refractivity contribution >= 4 is 0 Å². The molecule has 0 heterocycles. The number of hydrogen-bond donors (Lipinski definition) is 1. The SMILES string of the molecule is CC(C)(C)c1ccccc1OO. The molecule has 1 N–H and O–H groups in total. The average Bonchev–Trinajstić information content (AvgIpc) is 2.03. The molecule has 0 fully saturated rings. The van der Waals surface area contributed by atoms with Crippen molar-refractivity contribution in [3.05, 3.63) is 29.8 Å².